The Morgan fingerprint density at radius 3 is 3.00 bits per heavy atom. The number of rotatable bonds is 3. The quantitative estimate of drug-likeness (QED) is 0.785. The SMILES string of the molecule is Nc1nc(NCC2CSC2)ncc1F. The van der Waals surface area contributed by atoms with Crippen LogP contribution in [0.4, 0.5) is 16.2 Å². The van der Waals surface area contributed by atoms with Crippen LogP contribution in [0.3, 0.4) is 0 Å². The average molecular weight is 214 g/mol. The molecule has 1 saturated heterocycles. The summed E-state index contributed by atoms with van der Waals surface area (Å²) in [6, 6.07) is 0. The maximum absolute atomic E-state index is 12.7. The third kappa shape index (κ3) is 2.06. The molecule has 0 spiro atoms. The molecule has 14 heavy (non-hydrogen) atoms. The molecule has 2 rings (SSSR count). The molecule has 1 aliphatic heterocycles. The van der Waals surface area contributed by atoms with Crippen molar-refractivity contribution >= 4 is 23.5 Å². The van der Waals surface area contributed by atoms with E-state index in [0.717, 1.165) is 12.7 Å². The van der Waals surface area contributed by atoms with Gasteiger partial charge in [-0.1, -0.05) is 0 Å². The lowest BCUT2D eigenvalue weighted by atomic mass is 10.2. The molecule has 1 aliphatic rings. The number of hydrogen-bond donors (Lipinski definition) is 2. The van der Waals surface area contributed by atoms with Gasteiger partial charge in [-0.2, -0.15) is 16.7 Å². The lowest BCUT2D eigenvalue weighted by Gasteiger charge is -2.24. The van der Waals surface area contributed by atoms with Crippen molar-refractivity contribution in [2.45, 2.75) is 0 Å². The van der Waals surface area contributed by atoms with Crippen molar-refractivity contribution in [2.75, 3.05) is 29.1 Å². The van der Waals surface area contributed by atoms with Gasteiger partial charge in [-0.3, -0.25) is 0 Å². The van der Waals surface area contributed by atoms with Crippen LogP contribution in [0.1, 0.15) is 0 Å². The number of halogens is 1. The lowest BCUT2D eigenvalue weighted by Crippen LogP contribution is -2.27. The summed E-state index contributed by atoms with van der Waals surface area (Å²) >= 11 is 1.92. The van der Waals surface area contributed by atoms with E-state index in [4.69, 9.17) is 5.73 Å². The molecule has 1 fully saturated rings. The zero-order valence-electron chi connectivity index (χ0n) is 7.53. The van der Waals surface area contributed by atoms with Crippen LogP contribution in [0.5, 0.6) is 0 Å². The van der Waals surface area contributed by atoms with Gasteiger partial charge in [0.25, 0.3) is 0 Å². The molecule has 4 nitrogen and oxygen atoms in total. The molecular formula is C8H11FN4S. The van der Waals surface area contributed by atoms with Gasteiger partial charge in [-0.15, -0.1) is 0 Å². The first-order chi connectivity index (χ1) is 6.75. The summed E-state index contributed by atoms with van der Waals surface area (Å²) < 4.78 is 12.7. The fourth-order valence-electron chi connectivity index (χ4n) is 1.10. The summed E-state index contributed by atoms with van der Waals surface area (Å²) in [6.07, 6.45) is 1.08. The Morgan fingerprint density at radius 2 is 2.43 bits per heavy atom. The lowest BCUT2D eigenvalue weighted by molar-refractivity contribution is 0.618. The summed E-state index contributed by atoms with van der Waals surface area (Å²) in [5.74, 6) is 2.74. The standard InChI is InChI=1S/C8H11FN4S/c9-6-2-12-8(13-7(6)10)11-1-5-3-14-4-5/h2,5H,1,3-4H2,(H3,10,11,12,13). The highest BCUT2D eigenvalue weighted by molar-refractivity contribution is 8.00. The first-order valence-electron chi connectivity index (χ1n) is 4.35. The van der Waals surface area contributed by atoms with E-state index < -0.39 is 5.82 Å². The second-order valence-electron chi connectivity index (χ2n) is 3.21. The van der Waals surface area contributed by atoms with E-state index in [9.17, 15) is 4.39 Å². The molecule has 0 saturated carbocycles. The highest BCUT2D eigenvalue weighted by Crippen LogP contribution is 2.24. The number of anilines is 2. The van der Waals surface area contributed by atoms with E-state index in [1.807, 2.05) is 11.8 Å². The number of hydrogen-bond acceptors (Lipinski definition) is 5. The zero-order valence-corrected chi connectivity index (χ0v) is 8.35. The van der Waals surface area contributed by atoms with Crippen LogP contribution in [0, 0.1) is 11.7 Å². The molecule has 3 N–H and O–H groups in total. The predicted molar refractivity (Wildman–Crippen MR) is 55.7 cm³/mol. The Balaban J connectivity index is 1.91. The van der Waals surface area contributed by atoms with Gasteiger partial charge in [-0.05, 0) is 17.4 Å². The second kappa shape index (κ2) is 4.00. The Bertz CT molecular complexity index is 329. The van der Waals surface area contributed by atoms with Gasteiger partial charge in [0, 0.05) is 6.54 Å². The van der Waals surface area contributed by atoms with E-state index in [0.29, 0.717) is 11.9 Å². The van der Waals surface area contributed by atoms with Gasteiger partial charge < -0.3 is 11.1 Å². The molecule has 2 heterocycles. The number of aromatic nitrogens is 2. The van der Waals surface area contributed by atoms with Crippen molar-refractivity contribution in [3.8, 4) is 0 Å². The minimum Gasteiger partial charge on any atom is -0.381 e. The zero-order chi connectivity index (χ0) is 9.97. The molecule has 1 aromatic heterocycles. The van der Waals surface area contributed by atoms with Crippen LogP contribution in [-0.2, 0) is 0 Å². The number of thioether (sulfide) groups is 1. The molecule has 0 amide bonds. The summed E-state index contributed by atoms with van der Waals surface area (Å²) in [6.45, 7) is 0.831. The normalized spacial score (nSPS) is 16.4. The molecule has 0 aromatic carbocycles. The predicted octanol–water partition coefficient (Wildman–Crippen LogP) is 0.973. The van der Waals surface area contributed by atoms with E-state index in [2.05, 4.69) is 15.3 Å². The number of nitrogen functional groups attached to an aromatic ring is 1. The Morgan fingerprint density at radius 1 is 1.64 bits per heavy atom. The number of nitrogens with two attached hydrogens (primary N) is 1. The molecule has 0 atom stereocenters. The van der Waals surface area contributed by atoms with E-state index in [1.165, 1.54) is 11.5 Å². The van der Waals surface area contributed by atoms with Crippen molar-refractivity contribution in [2.24, 2.45) is 5.92 Å². The van der Waals surface area contributed by atoms with E-state index in [1.54, 1.807) is 0 Å². The van der Waals surface area contributed by atoms with Gasteiger partial charge >= 0.3 is 0 Å². The summed E-state index contributed by atoms with van der Waals surface area (Å²) in [5, 5.41) is 3.03. The molecule has 0 bridgehead atoms. The number of nitrogens with zero attached hydrogens (tertiary/aromatic N) is 2. The Hall–Kier alpha value is -1.04. The summed E-state index contributed by atoms with van der Waals surface area (Å²) in [5.41, 5.74) is 5.30. The minimum absolute atomic E-state index is 0.106. The largest absolute Gasteiger partial charge is 0.381 e. The summed E-state index contributed by atoms with van der Waals surface area (Å²) in [7, 11) is 0. The van der Waals surface area contributed by atoms with Crippen LogP contribution < -0.4 is 11.1 Å². The highest BCUT2D eigenvalue weighted by atomic mass is 32.2. The minimum atomic E-state index is -0.574. The first kappa shape index (κ1) is 9.51. The molecule has 0 radical (unpaired) electrons. The Labute approximate surface area is 85.5 Å². The van der Waals surface area contributed by atoms with Gasteiger partial charge in [0.15, 0.2) is 11.6 Å². The van der Waals surface area contributed by atoms with Crippen LogP contribution in [0.25, 0.3) is 0 Å². The van der Waals surface area contributed by atoms with Crippen LogP contribution >= 0.6 is 11.8 Å². The average Bonchev–Trinajstić information content (AvgIpc) is 2.08. The summed E-state index contributed by atoms with van der Waals surface area (Å²) in [4.78, 5) is 7.56. The van der Waals surface area contributed by atoms with E-state index in [-0.39, 0.29) is 5.82 Å². The van der Waals surface area contributed by atoms with E-state index >= 15 is 0 Å². The maximum Gasteiger partial charge on any atom is 0.224 e. The third-order valence-corrected chi connectivity index (χ3v) is 3.44. The van der Waals surface area contributed by atoms with Gasteiger partial charge in [0.2, 0.25) is 5.95 Å². The molecule has 0 aliphatic carbocycles. The van der Waals surface area contributed by atoms with Crippen molar-refractivity contribution < 1.29 is 4.39 Å². The first-order valence-corrected chi connectivity index (χ1v) is 5.51. The van der Waals surface area contributed by atoms with Crippen LogP contribution in [-0.4, -0.2) is 28.0 Å². The number of nitrogens with one attached hydrogen (secondary N) is 1. The monoisotopic (exact) mass is 214 g/mol. The maximum atomic E-state index is 12.7. The Kier molecular flexibility index (Phi) is 2.72. The molecule has 76 valence electrons. The van der Waals surface area contributed by atoms with Gasteiger partial charge in [0.05, 0.1) is 6.20 Å². The van der Waals surface area contributed by atoms with Gasteiger partial charge in [-0.25, -0.2) is 9.37 Å². The van der Waals surface area contributed by atoms with Crippen molar-refractivity contribution in [3.05, 3.63) is 12.0 Å². The second-order valence-corrected chi connectivity index (χ2v) is 4.29. The van der Waals surface area contributed by atoms with Gasteiger partial charge in [0.1, 0.15) is 0 Å². The fraction of sp³-hybridized carbons (Fsp3) is 0.500. The highest BCUT2D eigenvalue weighted by Gasteiger charge is 2.17. The molecule has 1 aromatic rings. The molecule has 0 unspecified atom stereocenters. The smallest absolute Gasteiger partial charge is 0.224 e. The van der Waals surface area contributed by atoms with Crippen molar-refractivity contribution in [1.82, 2.24) is 9.97 Å². The molecular weight excluding hydrogens is 203 g/mol. The van der Waals surface area contributed by atoms with Crippen molar-refractivity contribution in [1.29, 1.82) is 0 Å². The van der Waals surface area contributed by atoms with Crippen LogP contribution in [0.2, 0.25) is 0 Å². The third-order valence-electron chi connectivity index (χ3n) is 2.03. The van der Waals surface area contributed by atoms with Crippen LogP contribution in [0.15, 0.2) is 6.20 Å². The van der Waals surface area contributed by atoms with Crippen molar-refractivity contribution in [3.63, 3.8) is 0 Å². The fourth-order valence-corrected chi connectivity index (χ4v) is 1.91. The molecule has 6 heteroatoms. The topological polar surface area (TPSA) is 63.8 Å².